The monoisotopic (exact) mass is 363 g/mol. The molecule has 0 saturated carbocycles. The number of thioether (sulfide) groups is 1. The fourth-order valence-electron chi connectivity index (χ4n) is 3.22. The number of nitrogens with zero attached hydrogens (tertiary/aromatic N) is 1. The minimum atomic E-state index is -0.296. The van der Waals surface area contributed by atoms with Gasteiger partial charge in [-0.3, -0.25) is 9.59 Å². The zero-order valence-corrected chi connectivity index (χ0v) is 15.0. The highest BCUT2D eigenvalue weighted by atomic mass is 32.2. The van der Waals surface area contributed by atoms with Crippen molar-refractivity contribution in [2.75, 3.05) is 11.6 Å². The van der Waals surface area contributed by atoms with Crippen molar-refractivity contribution >= 4 is 23.5 Å². The van der Waals surface area contributed by atoms with Gasteiger partial charge in [0.25, 0.3) is 5.56 Å². The Morgan fingerprint density at radius 1 is 1.04 bits per heavy atom. The summed E-state index contributed by atoms with van der Waals surface area (Å²) in [5, 5.41) is 2.76. The summed E-state index contributed by atoms with van der Waals surface area (Å²) in [7, 11) is 0. The maximum Gasteiger partial charge on any atom is 0.257 e. The number of fused-ring (bicyclic) bond motifs is 1. The number of H-pyrrole nitrogens is 1. The highest BCUT2D eigenvalue weighted by Crippen LogP contribution is 2.35. The molecule has 0 aliphatic carbocycles. The zero-order valence-electron chi connectivity index (χ0n) is 14.2. The number of nitrogens with one attached hydrogen (secondary N) is 2. The summed E-state index contributed by atoms with van der Waals surface area (Å²) in [6, 6.07) is 17.4. The van der Waals surface area contributed by atoms with E-state index in [1.165, 1.54) is 0 Å². The van der Waals surface area contributed by atoms with E-state index in [4.69, 9.17) is 0 Å². The van der Waals surface area contributed by atoms with Crippen LogP contribution in [0.15, 0.2) is 64.3 Å². The third kappa shape index (κ3) is 3.04. The quantitative estimate of drug-likeness (QED) is 0.697. The van der Waals surface area contributed by atoms with E-state index in [0.717, 1.165) is 16.0 Å². The molecule has 0 bridgehead atoms. The minimum Gasteiger partial charge on any atom is -0.310 e. The molecule has 0 saturated heterocycles. The van der Waals surface area contributed by atoms with Crippen LogP contribution in [0.5, 0.6) is 0 Å². The lowest BCUT2D eigenvalue weighted by Gasteiger charge is -2.24. The number of rotatable bonds is 3. The first-order valence-electron chi connectivity index (χ1n) is 8.29. The van der Waals surface area contributed by atoms with Crippen LogP contribution in [0.4, 0.5) is 5.82 Å². The third-order valence-electron chi connectivity index (χ3n) is 4.52. The molecular weight excluding hydrogens is 346 g/mol. The van der Waals surface area contributed by atoms with Gasteiger partial charge >= 0.3 is 0 Å². The molecule has 0 unspecified atom stereocenters. The Kier molecular flexibility index (Phi) is 4.34. The molecule has 4 rings (SSSR count). The SMILES string of the molecule is CSc1ccc([C@@H]2CC(=O)Nc3nc(-c4ccccc4)[nH]c(=O)c32)cc1. The molecule has 1 aliphatic heterocycles. The van der Waals surface area contributed by atoms with E-state index in [9.17, 15) is 9.59 Å². The molecule has 6 heteroatoms. The molecule has 1 aromatic heterocycles. The highest BCUT2D eigenvalue weighted by Gasteiger charge is 2.30. The minimum absolute atomic E-state index is 0.131. The van der Waals surface area contributed by atoms with E-state index in [0.29, 0.717) is 17.2 Å². The van der Waals surface area contributed by atoms with E-state index in [1.807, 2.05) is 60.9 Å². The van der Waals surface area contributed by atoms with Crippen LogP contribution in [0.2, 0.25) is 0 Å². The van der Waals surface area contributed by atoms with Crippen LogP contribution in [0.1, 0.15) is 23.5 Å². The molecule has 130 valence electrons. The second-order valence-corrected chi connectivity index (χ2v) is 7.00. The number of amides is 1. The Morgan fingerprint density at radius 2 is 1.77 bits per heavy atom. The fourth-order valence-corrected chi connectivity index (χ4v) is 3.63. The first-order valence-corrected chi connectivity index (χ1v) is 9.51. The van der Waals surface area contributed by atoms with Crippen molar-refractivity contribution < 1.29 is 4.79 Å². The van der Waals surface area contributed by atoms with Gasteiger partial charge in [-0.15, -0.1) is 11.8 Å². The number of aromatic amines is 1. The zero-order chi connectivity index (χ0) is 18.1. The van der Waals surface area contributed by atoms with E-state index in [1.54, 1.807) is 11.8 Å². The molecule has 26 heavy (non-hydrogen) atoms. The van der Waals surface area contributed by atoms with Gasteiger partial charge in [0.2, 0.25) is 5.91 Å². The largest absolute Gasteiger partial charge is 0.310 e. The van der Waals surface area contributed by atoms with Crippen molar-refractivity contribution in [3.8, 4) is 11.4 Å². The number of hydrogen-bond acceptors (Lipinski definition) is 4. The van der Waals surface area contributed by atoms with Crippen molar-refractivity contribution in [3.63, 3.8) is 0 Å². The smallest absolute Gasteiger partial charge is 0.257 e. The summed E-state index contributed by atoms with van der Waals surface area (Å²) in [6.07, 6.45) is 2.25. The van der Waals surface area contributed by atoms with Gasteiger partial charge in [0.05, 0.1) is 5.56 Å². The first kappa shape index (κ1) is 16.6. The average Bonchev–Trinajstić information content (AvgIpc) is 2.67. The van der Waals surface area contributed by atoms with Crippen LogP contribution in [0.25, 0.3) is 11.4 Å². The standard InChI is InChI=1S/C20H17N3O2S/c1-26-14-9-7-12(8-10-14)15-11-16(24)21-19-17(15)20(25)23-18(22-19)13-5-3-2-4-6-13/h2-10,15H,11H2,1H3,(H2,21,22,23,24,25)/t15-/m0/s1. The molecule has 0 fully saturated rings. The average molecular weight is 363 g/mol. The van der Waals surface area contributed by atoms with Crippen LogP contribution < -0.4 is 10.9 Å². The molecule has 1 atom stereocenters. The van der Waals surface area contributed by atoms with Gasteiger partial charge in [-0.05, 0) is 24.0 Å². The van der Waals surface area contributed by atoms with E-state index < -0.39 is 0 Å². The summed E-state index contributed by atoms with van der Waals surface area (Å²) in [5.41, 5.74) is 2.04. The number of aromatic nitrogens is 2. The maximum absolute atomic E-state index is 12.8. The Labute approximate surface area is 154 Å². The molecular formula is C20H17N3O2S. The van der Waals surface area contributed by atoms with Gasteiger partial charge in [-0.1, -0.05) is 42.5 Å². The molecule has 1 aliphatic rings. The highest BCUT2D eigenvalue weighted by molar-refractivity contribution is 7.98. The summed E-state index contributed by atoms with van der Waals surface area (Å²) >= 11 is 1.65. The number of carbonyl (C=O) groups excluding carboxylic acids is 1. The molecule has 3 aromatic rings. The molecule has 2 heterocycles. The number of carbonyl (C=O) groups is 1. The van der Waals surface area contributed by atoms with Crippen molar-refractivity contribution in [2.24, 2.45) is 0 Å². The van der Waals surface area contributed by atoms with Gasteiger partial charge in [-0.2, -0.15) is 0 Å². The summed E-state index contributed by atoms with van der Waals surface area (Å²) in [4.78, 5) is 33.6. The number of hydrogen-bond donors (Lipinski definition) is 2. The number of anilines is 1. The summed E-state index contributed by atoms with van der Waals surface area (Å²) in [6.45, 7) is 0. The van der Waals surface area contributed by atoms with Crippen molar-refractivity contribution in [1.82, 2.24) is 9.97 Å². The second kappa shape index (κ2) is 6.80. The predicted molar refractivity (Wildman–Crippen MR) is 104 cm³/mol. The van der Waals surface area contributed by atoms with Gasteiger partial charge in [0, 0.05) is 22.8 Å². The second-order valence-electron chi connectivity index (χ2n) is 6.12. The molecule has 1 amide bonds. The van der Waals surface area contributed by atoms with E-state index >= 15 is 0 Å². The Hall–Kier alpha value is -2.86. The third-order valence-corrected chi connectivity index (χ3v) is 5.26. The molecule has 0 radical (unpaired) electrons. The topological polar surface area (TPSA) is 74.8 Å². The van der Waals surface area contributed by atoms with Crippen LogP contribution >= 0.6 is 11.8 Å². The maximum atomic E-state index is 12.8. The van der Waals surface area contributed by atoms with E-state index in [2.05, 4.69) is 15.3 Å². The summed E-state index contributed by atoms with van der Waals surface area (Å²) in [5.74, 6) is 0.375. The summed E-state index contributed by atoms with van der Waals surface area (Å²) < 4.78 is 0. The van der Waals surface area contributed by atoms with Crippen molar-refractivity contribution in [3.05, 3.63) is 76.1 Å². The van der Waals surface area contributed by atoms with Crippen molar-refractivity contribution in [1.29, 1.82) is 0 Å². The Bertz CT molecular complexity index is 1010. The first-order chi connectivity index (χ1) is 12.7. The van der Waals surface area contributed by atoms with Gasteiger partial charge in [0.15, 0.2) is 0 Å². The lowest BCUT2D eigenvalue weighted by atomic mass is 9.87. The van der Waals surface area contributed by atoms with Crippen LogP contribution in [0, 0.1) is 0 Å². The molecule has 0 spiro atoms. The van der Waals surface area contributed by atoms with E-state index in [-0.39, 0.29) is 23.8 Å². The normalized spacial score (nSPS) is 16.0. The number of benzene rings is 2. The van der Waals surface area contributed by atoms with Gasteiger partial charge in [0.1, 0.15) is 11.6 Å². The predicted octanol–water partition coefficient (Wildman–Crippen LogP) is 3.63. The van der Waals surface area contributed by atoms with Crippen LogP contribution in [-0.2, 0) is 4.79 Å². The Morgan fingerprint density at radius 3 is 2.46 bits per heavy atom. The molecule has 2 aromatic carbocycles. The lowest BCUT2D eigenvalue weighted by molar-refractivity contribution is -0.116. The fraction of sp³-hybridized carbons (Fsp3) is 0.150. The lowest BCUT2D eigenvalue weighted by Crippen LogP contribution is -2.31. The van der Waals surface area contributed by atoms with Crippen molar-refractivity contribution in [2.45, 2.75) is 17.2 Å². The Balaban J connectivity index is 1.82. The molecule has 5 nitrogen and oxygen atoms in total. The van der Waals surface area contributed by atoms with Crippen LogP contribution in [0.3, 0.4) is 0 Å². The molecule has 2 N–H and O–H groups in total. The van der Waals surface area contributed by atoms with Gasteiger partial charge < -0.3 is 10.3 Å². The van der Waals surface area contributed by atoms with Gasteiger partial charge in [-0.25, -0.2) is 4.98 Å². The van der Waals surface area contributed by atoms with Crippen LogP contribution in [-0.4, -0.2) is 22.1 Å².